The smallest absolute Gasteiger partial charge is 0.793 e. The Hall–Kier alpha value is -4.72. The summed E-state index contributed by atoms with van der Waals surface area (Å²) in [6, 6.07) is 9.34. The number of carbonyl (C=O) groups is 4. The summed E-state index contributed by atoms with van der Waals surface area (Å²) in [5, 5.41) is 2.39. The molecule has 4 aromatic rings. The zero-order valence-electron chi connectivity index (χ0n) is 37.3. The van der Waals surface area contributed by atoms with Crippen molar-refractivity contribution in [2.45, 2.75) is 71.0 Å². The van der Waals surface area contributed by atoms with Gasteiger partial charge < -0.3 is 32.3 Å². The number of hydrogen-bond donors (Lipinski definition) is 1. The summed E-state index contributed by atoms with van der Waals surface area (Å²) in [6.45, 7) is 3.41. The van der Waals surface area contributed by atoms with Gasteiger partial charge in [-0.25, -0.2) is 46.9 Å². The predicted octanol–water partition coefficient (Wildman–Crippen LogP) is 5.87. The van der Waals surface area contributed by atoms with E-state index in [1.807, 2.05) is 6.79 Å². The van der Waals surface area contributed by atoms with E-state index in [0.717, 1.165) is 43.0 Å². The van der Waals surface area contributed by atoms with Crippen molar-refractivity contribution in [3.63, 3.8) is 0 Å². The van der Waals surface area contributed by atoms with Crippen molar-refractivity contribution in [1.82, 2.24) is 20.2 Å². The van der Waals surface area contributed by atoms with Gasteiger partial charge in [0.25, 0.3) is 0 Å². The fraction of sp³-hybridized carbons (Fsp3) is 0.381. The Morgan fingerprint density at radius 3 is 1.49 bits per heavy atom. The number of rotatable bonds is 8. The van der Waals surface area contributed by atoms with E-state index in [9.17, 15) is 58.3 Å². The molecule has 13 nitrogen and oxygen atoms in total. The second-order valence-electron chi connectivity index (χ2n) is 14.2. The first-order chi connectivity index (χ1) is 31.7. The molecule has 2 aromatic carbocycles. The third-order valence-corrected chi connectivity index (χ3v) is 9.03. The fourth-order valence-electron chi connectivity index (χ4n) is 6.14. The van der Waals surface area contributed by atoms with Crippen molar-refractivity contribution in [2.75, 3.05) is 33.2 Å². The van der Waals surface area contributed by atoms with E-state index in [1.54, 1.807) is 0 Å². The molecule has 0 spiro atoms. The zero-order valence-corrected chi connectivity index (χ0v) is 40.8. The maximum atomic E-state index is 14.2. The maximum Gasteiger partial charge on any atom is 1.00 e. The molecule has 3 radical (unpaired) electrons. The number of pyridine rings is 2. The van der Waals surface area contributed by atoms with Gasteiger partial charge >= 0.3 is 53.8 Å². The number of benzene rings is 2. The Morgan fingerprint density at radius 2 is 1.13 bits per heavy atom. The van der Waals surface area contributed by atoms with Crippen LogP contribution in [0.1, 0.15) is 44.7 Å². The second kappa shape index (κ2) is 29.5. The van der Waals surface area contributed by atoms with Crippen LogP contribution in [0, 0.1) is 23.3 Å². The molecule has 0 aliphatic carbocycles. The number of alkyl halides is 6. The van der Waals surface area contributed by atoms with Crippen LogP contribution in [-0.2, 0) is 46.4 Å². The number of likely N-dealkylation sites (N-methyl/N-ethyl adjacent to an activating group) is 1. The molecule has 4 heterocycles. The van der Waals surface area contributed by atoms with Crippen LogP contribution in [0.3, 0.4) is 0 Å². The Bertz CT molecular complexity index is 2330. The SMILES string of the molecule is C=O.CC(=O)OOC(C)=O.CN(CC1CCc2c(-c3ccc(F)cc3F)cc(Cl)nc2O1)CC(F)(F)F.Fc1ccc(-c2cc(Cl)nc3c2CCC(CNCC(F)(F)F)O3)c(F)c1.[B-]OC(C)=O.[Na+]. The Labute approximate surface area is 422 Å². The van der Waals surface area contributed by atoms with Gasteiger partial charge in [0.05, 0.1) is 13.1 Å². The summed E-state index contributed by atoms with van der Waals surface area (Å²) < 4.78 is 144. The predicted molar refractivity (Wildman–Crippen MR) is 225 cm³/mol. The van der Waals surface area contributed by atoms with E-state index >= 15 is 0 Å². The molecule has 2 aliphatic rings. The minimum absolute atomic E-state index is 0. The van der Waals surface area contributed by atoms with Crippen molar-refractivity contribution >= 4 is 55.9 Å². The summed E-state index contributed by atoms with van der Waals surface area (Å²) in [5.41, 5.74) is 2.37. The molecule has 0 fully saturated rings. The van der Waals surface area contributed by atoms with Crippen LogP contribution in [0.4, 0.5) is 43.9 Å². The number of hydrogen-bond acceptors (Lipinski definition) is 13. The van der Waals surface area contributed by atoms with Crippen LogP contribution in [0.25, 0.3) is 22.3 Å². The van der Waals surface area contributed by atoms with Gasteiger partial charge in [0.2, 0.25) is 17.7 Å². The van der Waals surface area contributed by atoms with Crippen molar-refractivity contribution < 1.29 is 117 Å². The van der Waals surface area contributed by atoms with Crippen LogP contribution in [0.15, 0.2) is 48.5 Å². The van der Waals surface area contributed by atoms with E-state index in [4.69, 9.17) is 37.5 Å². The molecular formula is C42H41BCl2F10N4NaO9. The minimum Gasteiger partial charge on any atom is -0.793 e. The maximum absolute atomic E-state index is 14.2. The molecule has 0 saturated carbocycles. The minimum atomic E-state index is -4.30. The third-order valence-electron chi connectivity index (χ3n) is 8.65. The first-order valence-corrected chi connectivity index (χ1v) is 20.2. The van der Waals surface area contributed by atoms with Crippen molar-refractivity contribution in [3.8, 4) is 34.0 Å². The molecule has 2 aromatic heterocycles. The van der Waals surface area contributed by atoms with E-state index in [1.165, 1.54) is 38.2 Å². The summed E-state index contributed by atoms with van der Waals surface area (Å²) >= 11 is 12.0. The van der Waals surface area contributed by atoms with Gasteiger partial charge in [-0.2, -0.15) is 26.3 Å². The number of aromatic nitrogens is 2. The van der Waals surface area contributed by atoms with Gasteiger partial charge in [-0.1, -0.05) is 23.2 Å². The Balaban J connectivity index is 0.000000529. The van der Waals surface area contributed by atoms with Gasteiger partial charge in [-0.3, -0.25) is 9.69 Å². The summed E-state index contributed by atoms with van der Waals surface area (Å²) in [6.07, 6.45) is -7.90. The summed E-state index contributed by atoms with van der Waals surface area (Å²) in [4.78, 5) is 54.1. The largest absolute Gasteiger partial charge is 1.00 e. The van der Waals surface area contributed by atoms with Gasteiger partial charge in [-0.15, -0.1) is 0 Å². The van der Waals surface area contributed by atoms with Gasteiger partial charge in [0, 0.05) is 68.2 Å². The van der Waals surface area contributed by atoms with Crippen molar-refractivity contribution in [2.24, 2.45) is 0 Å². The molecule has 1 N–H and O–H groups in total. The van der Waals surface area contributed by atoms with Crippen molar-refractivity contribution in [1.29, 1.82) is 0 Å². The first-order valence-electron chi connectivity index (χ1n) is 19.4. The zero-order chi connectivity index (χ0) is 51.5. The van der Waals surface area contributed by atoms with E-state index in [0.29, 0.717) is 47.9 Å². The number of carbonyl (C=O) groups excluding carboxylic acids is 4. The molecule has 2 atom stereocenters. The summed E-state index contributed by atoms with van der Waals surface area (Å²) in [5.74, 6) is -4.32. The van der Waals surface area contributed by atoms with Crippen molar-refractivity contribution in [3.05, 3.63) is 93.2 Å². The molecule has 2 aliphatic heterocycles. The number of fused-ring (bicyclic) bond motifs is 2. The van der Waals surface area contributed by atoms with Crippen LogP contribution in [0.5, 0.6) is 11.8 Å². The van der Waals surface area contributed by atoms with Crippen LogP contribution in [0.2, 0.25) is 10.3 Å². The van der Waals surface area contributed by atoms with E-state index in [2.05, 4.69) is 37.8 Å². The van der Waals surface area contributed by atoms with Gasteiger partial charge in [-0.05, 0) is 80.3 Å². The molecule has 0 saturated heterocycles. The van der Waals surface area contributed by atoms with E-state index < -0.39 is 78.8 Å². The molecule has 2 unspecified atom stereocenters. The standard InChI is InChI=1S/C18H16ClF5N2O.C17H14ClF5N2O.C4H6O4.C2H3BO2.CH2O.Na/c1-26(9-18(22,23)24)8-11-3-5-13-14(7-16(19)25-17(13)27-11)12-4-2-10(20)6-15(12)21;18-15-6-13(11-3-1-9(19)5-14(11)20)12-4-2-10(26-16(12)25-15)7-24-8-17(21,22)23;1-3(5)7-8-4(2)6;1-2(4)5-3;1-2;/h2,4,6-7,11H,3,5,8-9H2,1H3;1,3,5-6,10,24H,2,4,7-8H2;1-2H3;1H3;1H2;/q;;;-1;;+1. The van der Waals surface area contributed by atoms with Gasteiger partial charge in [0.15, 0.2) is 0 Å². The topological polar surface area (TPSA) is 155 Å². The molecular weight excluding hydrogens is 999 g/mol. The molecule has 0 bridgehead atoms. The quantitative estimate of drug-likeness (QED) is 0.0736. The number of ether oxygens (including phenoxy) is 2. The molecule has 371 valence electrons. The monoisotopic (exact) mass is 1040 g/mol. The molecule has 69 heavy (non-hydrogen) atoms. The molecule has 0 amide bonds. The second-order valence-corrected chi connectivity index (χ2v) is 14.9. The number of halogens is 12. The number of nitrogens with one attached hydrogen (secondary N) is 1. The van der Waals surface area contributed by atoms with E-state index in [-0.39, 0.29) is 75.8 Å². The molecule has 27 heteroatoms. The molecule has 6 rings (SSSR count). The third kappa shape index (κ3) is 22.7. The first kappa shape index (κ1) is 62.3. The number of nitrogens with zero attached hydrogens (tertiary/aromatic N) is 3. The normalized spacial score (nSPS) is 14.5. The average Bonchev–Trinajstić information content (AvgIpc) is 3.22. The van der Waals surface area contributed by atoms with Crippen LogP contribution in [-0.4, -0.2) is 105 Å². The average molecular weight is 1040 g/mol. The van der Waals surface area contributed by atoms with Crippen LogP contribution >= 0.6 is 23.2 Å². The Kier molecular flexibility index (Phi) is 26.6. The summed E-state index contributed by atoms with van der Waals surface area (Å²) in [7, 11) is 5.68. The Morgan fingerprint density at radius 1 is 0.725 bits per heavy atom. The fourth-order valence-corrected chi connectivity index (χ4v) is 6.51. The van der Waals surface area contributed by atoms with Crippen LogP contribution < -0.4 is 44.3 Å². The van der Waals surface area contributed by atoms with Gasteiger partial charge in [0.1, 0.15) is 52.6 Å².